The molecule has 224 valence electrons. The lowest BCUT2D eigenvalue weighted by Crippen LogP contribution is -2.52. The zero-order chi connectivity index (χ0) is 29.2. The van der Waals surface area contributed by atoms with Crippen molar-refractivity contribution in [2.45, 2.75) is 71.5 Å². The molecule has 4 heterocycles. The second-order valence-electron chi connectivity index (χ2n) is 12.5. The number of benzene rings is 1. The van der Waals surface area contributed by atoms with Crippen LogP contribution in [0.1, 0.15) is 62.1 Å². The molecule has 0 spiro atoms. The Balaban J connectivity index is 1.14. The lowest BCUT2D eigenvalue weighted by atomic mass is 9.88. The molecule has 9 heteroatoms. The summed E-state index contributed by atoms with van der Waals surface area (Å²) in [6.45, 7) is 10.2. The van der Waals surface area contributed by atoms with Gasteiger partial charge in [-0.05, 0) is 61.9 Å². The molecule has 3 aliphatic rings. The van der Waals surface area contributed by atoms with Crippen LogP contribution in [0.3, 0.4) is 0 Å². The summed E-state index contributed by atoms with van der Waals surface area (Å²) in [5.41, 5.74) is 4.69. The maximum Gasteiger partial charge on any atom is 0.331 e. The van der Waals surface area contributed by atoms with E-state index in [9.17, 15) is 9.59 Å². The highest BCUT2D eigenvalue weighted by molar-refractivity contribution is 6.07. The van der Waals surface area contributed by atoms with Gasteiger partial charge in [0.2, 0.25) is 5.91 Å². The van der Waals surface area contributed by atoms with Crippen LogP contribution in [0.25, 0.3) is 5.52 Å². The molecular formula is C33H44N6O3. The molecule has 2 aromatic heterocycles. The van der Waals surface area contributed by atoms with Crippen LogP contribution in [-0.4, -0.2) is 82.1 Å². The smallest absolute Gasteiger partial charge is 0.331 e. The van der Waals surface area contributed by atoms with E-state index < -0.39 is 0 Å². The minimum Gasteiger partial charge on any atom is -0.496 e. The molecule has 1 aromatic carbocycles. The van der Waals surface area contributed by atoms with Crippen molar-refractivity contribution in [1.82, 2.24) is 24.3 Å². The second-order valence-corrected chi connectivity index (χ2v) is 12.5. The summed E-state index contributed by atoms with van der Waals surface area (Å²) in [4.78, 5) is 34.9. The maximum absolute atomic E-state index is 13.7. The van der Waals surface area contributed by atoms with Gasteiger partial charge >= 0.3 is 6.03 Å². The van der Waals surface area contributed by atoms with Crippen molar-refractivity contribution in [3.8, 4) is 5.75 Å². The van der Waals surface area contributed by atoms with Crippen molar-refractivity contribution < 1.29 is 14.3 Å². The number of aryl methyl sites for hydroxylation is 1. The zero-order valence-corrected chi connectivity index (χ0v) is 25.3. The van der Waals surface area contributed by atoms with Crippen molar-refractivity contribution in [2.24, 2.45) is 5.92 Å². The number of hydrogen-bond acceptors (Lipinski definition) is 6. The minimum absolute atomic E-state index is 0.173. The number of carbonyl (C=O) groups is 2. The molecule has 6 rings (SSSR count). The monoisotopic (exact) mass is 572 g/mol. The molecule has 2 saturated heterocycles. The number of ether oxygens (including phenoxy) is 1. The summed E-state index contributed by atoms with van der Waals surface area (Å²) >= 11 is 0. The van der Waals surface area contributed by atoms with Gasteiger partial charge in [-0.1, -0.05) is 31.4 Å². The van der Waals surface area contributed by atoms with Gasteiger partial charge in [-0.3, -0.25) is 24.4 Å². The largest absolute Gasteiger partial charge is 0.496 e. The summed E-state index contributed by atoms with van der Waals surface area (Å²) in [5, 5.41) is 4.54. The number of pyridine rings is 1. The van der Waals surface area contributed by atoms with Gasteiger partial charge in [0.05, 0.1) is 31.1 Å². The summed E-state index contributed by atoms with van der Waals surface area (Å²) in [7, 11) is 1.61. The van der Waals surface area contributed by atoms with Crippen molar-refractivity contribution in [2.75, 3.05) is 44.7 Å². The average Bonchev–Trinajstić information content (AvgIpc) is 3.41. The van der Waals surface area contributed by atoms with E-state index in [0.717, 1.165) is 54.4 Å². The van der Waals surface area contributed by atoms with Crippen molar-refractivity contribution in [3.05, 3.63) is 59.4 Å². The highest BCUT2D eigenvalue weighted by Gasteiger charge is 2.35. The molecule has 1 atom stereocenters. The Bertz CT molecular complexity index is 1430. The van der Waals surface area contributed by atoms with Crippen LogP contribution in [-0.2, 0) is 17.9 Å². The molecule has 0 radical (unpaired) electrons. The number of rotatable bonds is 8. The molecule has 1 saturated carbocycles. The topological polar surface area (TPSA) is 73.6 Å². The van der Waals surface area contributed by atoms with Gasteiger partial charge in [-0.2, -0.15) is 5.10 Å². The number of amides is 3. The zero-order valence-electron chi connectivity index (χ0n) is 25.3. The first kappa shape index (κ1) is 28.7. The number of imide groups is 1. The molecule has 42 heavy (non-hydrogen) atoms. The minimum atomic E-state index is -0.322. The first-order valence-electron chi connectivity index (χ1n) is 15.6. The second kappa shape index (κ2) is 12.4. The quantitative estimate of drug-likeness (QED) is 0.374. The summed E-state index contributed by atoms with van der Waals surface area (Å²) in [6.07, 6.45) is 11.0. The molecule has 3 aromatic rings. The Hall–Kier alpha value is -3.43. The van der Waals surface area contributed by atoms with Crippen molar-refractivity contribution >= 4 is 23.1 Å². The Morgan fingerprint density at radius 2 is 1.83 bits per heavy atom. The van der Waals surface area contributed by atoms with Crippen LogP contribution in [0.15, 0.2) is 42.7 Å². The van der Waals surface area contributed by atoms with Gasteiger partial charge in [-0.15, -0.1) is 0 Å². The molecule has 0 N–H and O–H groups in total. The fourth-order valence-corrected chi connectivity index (χ4v) is 6.99. The van der Waals surface area contributed by atoms with E-state index in [1.165, 1.54) is 49.1 Å². The number of fused-ring (bicyclic) bond motifs is 1. The van der Waals surface area contributed by atoms with Gasteiger partial charge in [0.15, 0.2) is 0 Å². The normalized spacial score (nSPS) is 21.5. The van der Waals surface area contributed by atoms with E-state index in [0.29, 0.717) is 18.3 Å². The lowest BCUT2D eigenvalue weighted by molar-refractivity contribution is -0.129. The first-order chi connectivity index (χ1) is 20.4. The van der Waals surface area contributed by atoms with Gasteiger partial charge < -0.3 is 4.74 Å². The van der Waals surface area contributed by atoms with Gasteiger partial charge in [-0.25, -0.2) is 9.31 Å². The molecule has 9 nitrogen and oxygen atoms in total. The van der Waals surface area contributed by atoms with Crippen LogP contribution < -0.4 is 9.64 Å². The molecule has 0 bridgehead atoms. The standard InChI is InChI=1S/C33H44N6O3/c1-24-9-10-28(31(17-24)42-3)23-38-32(40)12-13-37(33(38)41)30-19-34-39-14-11-27(18-29(30)39)21-35-15-16-36(25(2)20-35)22-26-7-5-4-6-8-26/h9-11,14,17-19,25-26H,4-8,12-13,15-16,20-23H2,1-3H3/t25-/m0/s1. The van der Waals surface area contributed by atoms with E-state index in [4.69, 9.17) is 4.74 Å². The first-order valence-corrected chi connectivity index (χ1v) is 15.6. The van der Waals surface area contributed by atoms with Gasteiger partial charge in [0, 0.05) is 63.5 Å². The Labute approximate surface area is 249 Å². The number of nitrogens with zero attached hydrogens (tertiary/aromatic N) is 6. The van der Waals surface area contributed by atoms with E-state index in [1.54, 1.807) is 18.2 Å². The third kappa shape index (κ3) is 6.03. The molecule has 1 aliphatic carbocycles. The van der Waals surface area contributed by atoms with E-state index in [1.807, 2.05) is 35.8 Å². The number of aromatic nitrogens is 2. The number of hydrogen-bond donors (Lipinski definition) is 0. The predicted molar refractivity (Wildman–Crippen MR) is 164 cm³/mol. The van der Waals surface area contributed by atoms with E-state index in [2.05, 4.69) is 34.0 Å². The average molecular weight is 573 g/mol. The molecule has 3 amide bonds. The predicted octanol–water partition coefficient (Wildman–Crippen LogP) is 5.10. The van der Waals surface area contributed by atoms with Crippen LogP contribution in [0.2, 0.25) is 0 Å². The van der Waals surface area contributed by atoms with Crippen LogP contribution in [0, 0.1) is 12.8 Å². The lowest BCUT2D eigenvalue weighted by Gasteiger charge is -2.42. The number of carbonyl (C=O) groups excluding carboxylic acids is 2. The van der Waals surface area contributed by atoms with E-state index in [-0.39, 0.29) is 24.9 Å². The van der Waals surface area contributed by atoms with E-state index >= 15 is 0 Å². The summed E-state index contributed by atoms with van der Waals surface area (Å²) in [6, 6.07) is 10.3. The SMILES string of the molecule is COc1cc(C)ccc1CN1C(=O)CCN(c2cnn3ccc(CN4CCN(CC5CCCCC5)[C@@H](C)C4)cc23)C1=O. The number of piperazine rings is 1. The van der Waals surface area contributed by atoms with Crippen molar-refractivity contribution in [3.63, 3.8) is 0 Å². The third-order valence-corrected chi connectivity index (χ3v) is 9.41. The van der Waals surface area contributed by atoms with Gasteiger partial charge in [0.25, 0.3) is 0 Å². The number of methoxy groups -OCH3 is 1. The fraction of sp³-hybridized carbons (Fsp3) is 0.545. The van der Waals surface area contributed by atoms with Gasteiger partial charge in [0.1, 0.15) is 5.75 Å². The fourth-order valence-electron chi connectivity index (χ4n) is 6.99. The molecule has 0 unspecified atom stereocenters. The third-order valence-electron chi connectivity index (χ3n) is 9.41. The maximum atomic E-state index is 13.7. The Kier molecular flexibility index (Phi) is 8.49. The van der Waals surface area contributed by atoms with Crippen molar-refractivity contribution in [1.29, 1.82) is 0 Å². The Morgan fingerprint density at radius 3 is 2.62 bits per heavy atom. The van der Waals surface area contributed by atoms with Crippen LogP contribution >= 0.6 is 0 Å². The molecule has 3 fully saturated rings. The number of anilines is 1. The number of urea groups is 1. The molecule has 2 aliphatic heterocycles. The van der Waals surface area contributed by atoms with Crippen LogP contribution in [0.4, 0.5) is 10.5 Å². The Morgan fingerprint density at radius 1 is 1.00 bits per heavy atom. The highest BCUT2D eigenvalue weighted by atomic mass is 16.5. The summed E-state index contributed by atoms with van der Waals surface area (Å²) in [5.74, 6) is 1.38. The van der Waals surface area contributed by atoms with Crippen LogP contribution in [0.5, 0.6) is 5.75 Å². The highest BCUT2D eigenvalue weighted by Crippen LogP contribution is 2.30. The summed E-state index contributed by atoms with van der Waals surface area (Å²) < 4.78 is 7.35. The molecular weight excluding hydrogens is 528 g/mol.